The molecule has 356 valence electrons. The number of rotatable bonds is 16. The Balaban J connectivity index is 0.767. The minimum absolute atomic E-state index is 0.101. The van der Waals surface area contributed by atoms with Crippen molar-refractivity contribution >= 4 is 11.9 Å². The van der Waals surface area contributed by atoms with Gasteiger partial charge in [0, 0.05) is 12.8 Å². The minimum Gasteiger partial charge on any atom is -0.460 e. The first kappa shape index (κ1) is 47.9. The Morgan fingerprint density at radius 1 is 0.540 bits per heavy atom. The van der Waals surface area contributed by atoms with Crippen LogP contribution in [0.15, 0.2) is 23.3 Å². The highest BCUT2D eigenvalue weighted by atomic mass is 16.6. The Hall–Kier alpha value is -1.62. The van der Waals surface area contributed by atoms with Crippen LogP contribution >= 0.6 is 0 Å². The second-order valence-electron chi connectivity index (χ2n) is 25.8. The molecule has 63 heavy (non-hydrogen) atoms. The van der Waals surface area contributed by atoms with Gasteiger partial charge in [-0.25, -0.2) is 9.59 Å². The summed E-state index contributed by atoms with van der Waals surface area (Å²) in [6.07, 6.45) is 32.6. The fourth-order valence-electron chi connectivity index (χ4n) is 18.2. The van der Waals surface area contributed by atoms with Crippen LogP contribution in [-0.2, 0) is 23.8 Å². The Morgan fingerprint density at radius 2 is 0.952 bits per heavy atom. The minimum atomic E-state index is -0.355. The zero-order valence-corrected chi connectivity index (χ0v) is 42.2. The van der Waals surface area contributed by atoms with E-state index in [1.54, 1.807) is 0 Å². The van der Waals surface area contributed by atoms with Crippen molar-refractivity contribution < 1.29 is 23.8 Å². The van der Waals surface area contributed by atoms with Crippen molar-refractivity contribution in [3.05, 3.63) is 23.3 Å². The molecular weight excluding hydrogens is 777 g/mol. The fraction of sp³-hybridized carbons (Fsp3) is 0.897. The monoisotopic (exact) mass is 871 g/mol. The average Bonchev–Trinajstić information content (AvgIpc) is 3.77. The van der Waals surface area contributed by atoms with E-state index in [-0.39, 0.29) is 48.2 Å². The topological polar surface area (TPSA) is 61.8 Å². The van der Waals surface area contributed by atoms with E-state index in [1.165, 1.54) is 114 Å². The maximum absolute atomic E-state index is 13.1. The molecule has 0 aromatic heterocycles. The smallest absolute Gasteiger partial charge is 0.332 e. The van der Waals surface area contributed by atoms with Crippen molar-refractivity contribution in [3.63, 3.8) is 0 Å². The predicted molar refractivity (Wildman–Crippen MR) is 257 cm³/mol. The van der Waals surface area contributed by atoms with E-state index in [0.717, 1.165) is 110 Å². The molecule has 5 heteroatoms. The molecule has 0 amide bonds. The summed E-state index contributed by atoms with van der Waals surface area (Å²) in [4.78, 5) is 26.2. The van der Waals surface area contributed by atoms with Gasteiger partial charge in [-0.3, -0.25) is 0 Å². The third-order valence-electron chi connectivity index (χ3n) is 21.6. The Labute approximate surface area is 386 Å². The van der Waals surface area contributed by atoms with Crippen molar-refractivity contribution in [3.8, 4) is 0 Å². The van der Waals surface area contributed by atoms with Crippen molar-refractivity contribution in [2.24, 2.45) is 92.7 Å². The van der Waals surface area contributed by atoms with Crippen LogP contribution in [0, 0.1) is 92.7 Å². The molecular formula is C58H94O5. The number of hydrogen-bond donors (Lipinski definition) is 0. The van der Waals surface area contributed by atoms with E-state index in [0.29, 0.717) is 10.8 Å². The van der Waals surface area contributed by atoms with Gasteiger partial charge in [-0.05, 0) is 183 Å². The van der Waals surface area contributed by atoms with Gasteiger partial charge < -0.3 is 14.2 Å². The van der Waals surface area contributed by atoms with Crippen molar-refractivity contribution in [2.45, 2.75) is 223 Å². The molecule has 0 aromatic rings. The lowest BCUT2D eigenvalue weighted by atomic mass is 9.47. The normalized spacial score (nSPS) is 42.7. The third-order valence-corrected chi connectivity index (χ3v) is 21.6. The Morgan fingerprint density at radius 3 is 1.35 bits per heavy atom. The molecule has 0 aliphatic heterocycles. The molecule has 5 nitrogen and oxygen atoms in total. The number of esters is 2. The van der Waals surface area contributed by atoms with Crippen LogP contribution in [0.1, 0.15) is 210 Å². The molecule has 16 atom stereocenters. The van der Waals surface area contributed by atoms with Crippen molar-refractivity contribution in [1.82, 2.24) is 0 Å². The number of hydrogen-bond acceptors (Lipinski definition) is 5. The van der Waals surface area contributed by atoms with Crippen LogP contribution in [0.4, 0.5) is 0 Å². The predicted octanol–water partition coefficient (Wildman–Crippen LogP) is 14.9. The van der Waals surface area contributed by atoms with E-state index in [4.69, 9.17) is 14.2 Å². The van der Waals surface area contributed by atoms with Crippen LogP contribution in [0.2, 0.25) is 0 Å². The third kappa shape index (κ3) is 9.35. The van der Waals surface area contributed by atoms with Crippen LogP contribution in [0.3, 0.4) is 0 Å². The van der Waals surface area contributed by atoms with Gasteiger partial charge in [-0.15, -0.1) is 0 Å². The van der Waals surface area contributed by atoms with Crippen molar-refractivity contribution in [2.75, 3.05) is 13.2 Å². The van der Waals surface area contributed by atoms with Gasteiger partial charge in [-0.1, -0.05) is 131 Å². The molecule has 0 radical (unpaired) electrons. The van der Waals surface area contributed by atoms with Gasteiger partial charge in [0.25, 0.3) is 0 Å². The molecule has 0 N–H and O–H groups in total. The molecule has 16 unspecified atom stereocenters. The summed E-state index contributed by atoms with van der Waals surface area (Å²) in [5.74, 6) is 9.16. The second-order valence-corrected chi connectivity index (χ2v) is 25.8. The van der Waals surface area contributed by atoms with Gasteiger partial charge in [0.05, 0.1) is 0 Å². The summed E-state index contributed by atoms with van der Waals surface area (Å²) in [7, 11) is 0. The summed E-state index contributed by atoms with van der Waals surface area (Å²) in [6.45, 7) is 24.7. The zero-order chi connectivity index (χ0) is 44.9. The summed E-state index contributed by atoms with van der Waals surface area (Å²) < 4.78 is 17.8. The first-order chi connectivity index (χ1) is 30.0. The lowest BCUT2D eigenvalue weighted by molar-refractivity contribution is -0.163. The van der Waals surface area contributed by atoms with E-state index in [2.05, 4.69) is 81.4 Å². The van der Waals surface area contributed by atoms with Gasteiger partial charge in [0.2, 0.25) is 0 Å². The Kier molecular flexibility index (Phi) is 14.6. The number of ether oxygens (including phenoxy) is 3. The highest BCUT2D eigenvalue weighted by Gasteiger charge is 2.61. The molecule has 8 aliphatic rings. The highest BCUT2D eigenvalue weighted by molar-refractivity contribution is 5.73. The number of carbonyl (C=O) groups is 2. The summed E-state index contributed by atoms with van der Waals surface area (Å²) in [6, 6.07) is 0. The lowest BCUT2D eigenvalue weighted by Gasteiger charge is -2.58. The molecule has 6 fully saturated rings. The second kappa shape index (κ2) is 19.2. The first-order valence-electron chi connectivity index (χ1n) is 27.3. The quantitative estimate of drug-likeness (QED) is 0.114. The Bertz CT molecular complexity index is 1560. The molecule has 0 saturated heterocycles. The number of fused-ring (bicyclic) bond motifs is 10. The molecule has 8 rings (SSSR count). The van der Waals surface area contributed by atoms with Crippen LogP contribution < -0.4 is 0 Å². The van der Waals surface area contributed by atoms with Crippen LogP contribution in [0.5, 0.6) is 0 Å². The number of allylic oxidation sites excluding steroid dienone is 2. The molecule has 0 aromatic carbocycles. The maximum atomic E-state index is 13.1. The zero-order valence-electron chi connectivity index (χ0n) is 42.2. The van der Waals surface area contributed by atoms with E-state index < -0.39 is 0 Å². The van der Waals surface area contributed by atoms with Gasteiger partial charge in [-0.2, -0.15) is 0 Å². The van der Waals surface area contributed by atoms with Crippen LogP contribution in [-0.4, -0.2) is 37.4 Å². The number of carbonyl (C=O) groups excluding carboxylic acids is 2. The molecule has 8 aliphatic carbocycles. The summed E-state index contributed by atoms with van der Waals surface area (Å²) in [5, 5.41) is 0. The molecule has 6 saturated carbocycles. The van der Waals surface area contributed by atoms with Gasteiger partial charge in [0.15, 0.2) is 0 Å². The highest BCUT2D eigenvalue weighted by Crippen LogP contribution is 2.69. The SMILES string of the molecule is CC(C)CCCC(C)C1CCC2C3CC=C4CC(OC(=O)COCC(=O)OC5CCC6(C)C(=CCC7C6CCC6(C)C(C(C)CCCC(C)C)CCC76)C5)CCC4(C)C3CCC12C. The van der Waals surface area contributed by atoms with Crippen LogP contribution in [0.25, 0.3) is 0 Å². The van der Waals surface area contributed by atoms with E-state index in [1.807, 2.05) is 0 Å². The van der Waals surface area contributed by atoms with E-state index in [9.17, 15) is 9.59 Å². The van der Waals surface area contributed by atoms with E-state index >= 15 is 0 Å². The molecule has 0 spiro atoms. The summed E-state index contributed by atoms with van der Waals surface area (Å²) in [5.41, 5.74) is 4.52. The largest absolute Gasteiger partial charge is 0.460 e. The lowest BCUT2D eigenvalue weighted by Crippen LogP contribution is -2.51. The molecule has 0 bridgehead atoms. The van der Waals surface area contributed by atoms with Gasteiger partial charge >= 0.3 is 11.9 Å². The first-order valence-corrected chi connectivity index (χ1v) is 27.3. The van der Waals surface area contributed by atoms with Gasteiger partial charge in [0.1, 0.15) is 25.4 Å². The average molecular weight is 871 g/mol. The van der Waals surface area contributed by atoms with Crippen molar-refractivity contribution in [1.29, 1.82) is 0 Å². The fourth-order valence-corrected chi connectivity index (χ4v) is 18.2. The maximum Gasteiger partial charge on any atom is 0.332 e. The summed E-state index contributed by atoms with van der Waals surface area (Å²) >= 11 is 0. The standard InChI is InChI=1S/C58H94O5/c1-37(2)13-11-15-39(5)47-21-23-49-45-19-17-41-33-43(25-29-55(41,7)51(45)27-31-57(47,49)9)62-53(59)35-61-36-54(60)63-44-26-30-56(8)42(34-44)18-20-46-50-24-22-48(40(6)16-12-14-38(3)4)58(50,10)32-28-52(46)56/h17-18,37-40,43-52H,11-16,19-36H2,1-10H3. The molecule has 0 heterocycles.